The predicted molar refractivity (Wildman–Crippen MR) is 106 cm³/mol. The van der Waals surface area contributed by atoms with E-state index in [0.717, 1.165) is 5.56 Å². The number of carbonyl (C=O) groups excluding carboxylic acids is 1. The summed E-state index contributed by atoms with van der Waals surface area (Å²) < 4.78 is 5.97. The second-order valence-corrected chi connectivity index (χ2v) is 6.22. The largest absolute Gasteiger partial charge is 0.452 e. The third kappa shape index (κ3) is 3.33. The molecule has 0 N–H and O–H groups in total. The van der Waals surface area contributed by atoms with Gasteiger partial charge in [-0.3, -0.25) is 14.9 Å². The summed E-state index contributed by atoms with van der Waals surface area (Å²) in [5.74, 6) is 0.531. The fraction of sp³-hybridized carbons (Fsp3) is 0. The first-order valence-electron chi connectivity index (χ1n) is 8.67. The summed E-state index contributed by atoms with van der Waals surface area (Å²) in [4.78, 5) is 23.5. The minimum atomic E-state index is -0.454. The van der Waals surface area contributed by atoms with Gasteiger partial charge in [-0.1, -0.05) is 60.7 Å². The molecule has 136 valence electrons. The van der Waals surface area contributed by atoms with Crippen LogP contribution in [0.25, 0.3) is 22.5 Å². The van der Waals surface area contributed by atoms with Crippen LogP contribution in [0.4, 0.5) is 5.69 Å². The number of nitrogens with zero attached hydrogens (tertiary/aromatic N) is 1. The third-order valence-electron chi connectivity index (χ3n) is 4.42. The van der Waals surface area contributed by atoms with Crippen LogP contribution in [0.1, 0.15) is 16.1 Å². The van der Waals surface area contributed by atoms with Crippen LogP contribution in [0.5, 0.6) is 0 Å². The Balaban J connectivity index is 1.84. The maximum atomic E-state index is 13.1. The molecular weight excluding hydrogens is 354 g/mol. The highest BCUT2D eigenvalue weighted by Gasteiger charge is 2.22. The van der Waals surface area contributed by atoms with E-state index in [-0.39, 0.29) is 17.2 Å². The zero-order valence-electron chi connectivity index (χ0n) is 14.7. The molecule has 0 fully saturated rings. The molecule has 0 saturated carbocycles. The number of rotatable bonds is 5. The molecule has 0 amide bonds. The number of benzene rings is 3. The fourth-order valence-corrected chi connectivity index (χ4v) is 3.00. The summed E-state index contributed by atoms with van der Waals surface area (Å²) in [6.07, 6.45) is 0. The molecular formula is C23H15NO4. The Labute approximate surface area is 161 Å². The maximum Gasteiger partial charge on any atom is 0.269 e. The van der Waals surface area contributed by atoms with E-state index in [1.54, 1.807) is 42.5 Å². The van der Waals surface area contributed by atoms with Gasteiger partial charge in [-0.15, -0.1) is 0 Å². The monoisotopic (exact) mass is 369 g/mol. The lowest BCUT2D eigenvalue weighted by atomic mass is 10.00. The van der Waals surface area contributed by atoms with Gasteiger partial charge in [0.1, 0.15) is 5.76 Å². The molecule has 5 heteroatoms. The molecule has 4 rings (SSSR count). The zero-order chi connectivity index (χ0) is 19.5. The summed E-state index contributed by atoms with van der Waals surface area (Å²) in [7, 11) is 0. The van der Waals surface area contributed by atoms with Gasteiger partial charge >= 0.3 is 0 Å². The number of ketones is 1. The average Bonchev–Trinajstić information content (AvgIpc) is 3.20. The highest BCUT2D eigenvalue weighted by Crippen LogP contribution is 2.34. The summed E-state index contributed by atoms with van der Waals surface area (Å²) >= 11 is 0. The molecule has 0 spiro atoms. The Morgan fingerprint density at radius 3 is 2.00 bits per heavy atom. The van der Waals surface area contributed by atoms with Crippen LogP contribution in [0.3, 0.4) is 0 Å². The highest BCUT2D eigenvalue weighted by molar-refractivity contribution is 6.11. The van der Waals surface area contributed by atoms with Gasteiger partial charge in [0.15, 0.2) is 5.76 Å². The van der Waals surface area contributed by atoms with E-state index in [0.29, 0.717) is 22.5 Å². The van der Waals surface area contributed by atoms with Gasteiger partial charge in [0, 0.05) is 28.8 Å². The molecule has 0 unspecified atom stereocenters. The molecule has 0 atom stereocenters. The van der Waals surface area contributed by atoms with Crippen molar-refractivity contribution in [3.8, 4) is 22.5 Å². The lowest BCUT2D eigenvalue weighted by Gasteiger charge is -2.03. The summed E-state index contributed by atoms with van der Waals surface area (Å²) in [5.41, 5.74) is 2.63. The van der Waals surface area contributed by atoms with Gasteiger partial charge in [0.2, 0.25) is 5.78 Å². The van der Waals surface area contributed by atoms with Crippen molar-refractivity contribution in [2.24, 2.45) is 0 Å². The molecule has 0 aliphatic carbocycles. The van der Waals surface area contributed by atoms with Gasteiger partial charge in [-0.05, 0) is 23.8 Å². The van der Waals surface area contributed by atoms with E-state index < -0.39 is 4.92 Å². The third-order valence-corrected chi connectivity index (χ3v) is 4.42. The van der Waals surface area contributed by atoms with Crippen molar-refractivity contribution in [1.29, 1.82) is 0 Å². The summed E-state index contributed by atoms with van der Waals surface area (Å²) in [6.45, 7) is 0. The maximum absolute atomic E-state index is 13.1. The number of hydrogen-bond acceptors (Lipinski definition) is 4. The molecule has 0 aliphatic heterocycles. The van der Waals surface area contributed by atoms with Gasteiger partial charge in [0.05, 0.1) is 4.92 Å². The van der Waals surface area contributed by atoms with Gasteiger partial charge < -0.3 is 4.42 Å². The Morgan fingerprint density at radius 2 is 1.39 bits per heavy atom. The molecule has 1 aromatic heterocycles. The first kappa shape index (κ1) is 17.4. The van der Waals surface area contributed by atoms with Gasteiger partial charge in [0.25, 0.3) is 5.69 Å². The first-order valence-corrected chi connectivity index (χ1v) is 8.67. The van der Waals surface area contributed by atoms with Crippen molar-refractivity contribution in [2.45, 2.75) is 0 Å². The van der Waals surface area contributed by atoms with E-state index >= 15 is 0 Å². The second kappa shape index (κ2) is 7.32. The van der Waals surface area contributed by atoms with Crippen molar-refractivity contribution in [3.63, 3.8) is 0 Å². The Hall–Kier alpha value is -3.99. The number of hydrogen-bond donors (Lipinski definition) is 0. The van der Waals surface area contributed by atoms with E-state index in [4.69, 9.17) is 4.42 Å². The number of nitro benzene ring substituents is 1. The minimum absolute atomic E-state index is 0.00790. The molecule has 0 radical (unpaired) electrons. The fourth-order valence-electron chi connectivity index (χ4n) is 3.00. The quantitative estimate of drug-likeness (QED) is 0.255. The van der Waals surface area contributed by atoms with Crippen LogP contribution in [0.2, 0.25) is 0 Å². The molecule has 4 aromatic rings. The van der Waals surface area contributed by atoms with Gasteiger partial charge in [-0.25, -0.2) is 0 Å². The Bertz CT molecular complexity index is 1130. The van der Waals surface area contributed by atoms with Crippen molar-refractivity contribution < 1.29 is 14.1 Å². The molecule has 28 heavy (non-hydrogen) atoms. The van der Waals surface area contributed by atoms with Crippen molar-refractivity contribution in [1.82, 2.24) is 0 Å². The van der Waals surface area contributed by atoms with E-state index in [1.807, 2.05) is 36.4 Å². The van der Waals surface area contributed by atoms with Crippen molar-refractivity contribution in [3.05, 3.63) is 112 Å². The van der Waals surface area contributed by atoms with E-state index in [1.165, 1.54) is 12.1 Å². The van der Waals surface area contributed by atoms with Crippen molar-refractivity contribution in [2.75, 3.05) is 0 Å². The molecule has 3 aromatic carbocycles. The molecule has 5 nitrogen and oxygen atoms in total. The summed E-state index contributed by atoms with van der Waals surface area (Å²) in [6, 6.07) is 26.2. The van der Waals surface area contributed by atoms with Crippen LogP contribution in [0, 0.1) is 10.1 Å². The number of furan rings is 1. The average molecular weight is 369 g/mol. The minimum Gasteiger partial charge on any atom is -0.452 e. The predicted octanol–water partition coefficient (Wildman–Crippen LogP) is 5.75. The van der Waals surface area contributed by atoms with Crippen molar-refractivity contribution >= 4 is 11.5 Å². The smallest absolute Gasteiger partial charge is 0.269 e. The zero-order valence-corrected chi connectivity index (χ0v) is 14.7. The summed E-state index contributed by atoms with van der Waals surface area (Å²) in [5, 5.41) is 10.9. The lowest BCUT2D eigenvalue weighted by Crippen LogP contribution is -2.01. The van der Waals surface area contributed by atoms with Crippen LogP contribution >= 0.6 is 0 Å². The van der Waals surface area contributed by atoms with Crippen LogP contribution in [-0.4, -0.2) is 10.7 Å². The highest BCUT2D eigenvalue weighted by atomic mass is 16.6. The number of non-ortho nitro benzene ring substituents is 1. The SMILES string of the molecule is O=C(c1ccccc1)c1oc(-c2ccccc2)cc1-c1ccc([N+](=O)[O-])cc1. The number of nitro groups is 1. The second-order valence-electron chi connectivity index (χ2n) is 6.22. The normalized spacial score (nSPS) is 10.6. The van der Waals surface area contributed by atoms with Crippen LogP contribution in [0.15, 0.2) is 95.4 Å². The molecule has 0 saturated heterocycles. The first-order chi connectivity index (χ1) is 13.6. The number of carbonyl (C=O) groups is 1. The molecule has 0 bridgehead atoms. The van der Waals surface area contributed by atoms with Crippen LogP contribution < -0.4 is 0 Å². The van der Waals surface area contributed by atoms with Crippen LogP contribution in [-0.2, 0) is 0 Å². The van der Waals surface area contributed by atoms with E-state index in [9.17, 15) is 14.9 Å². The topological polar surface area (TPSA) is 73.3 Å². The Morgan fingerprint density at radius 1 is 0.786 bits per heavy atom. The molecule has 1 heterocycles. The van der Waals surface area contributed by atoms with Gasteiger partial charge in [-0.2, -0.15) is 0 Å². The molecule has 0 aliphatic rings. The standard InChI is InChI=1S/C23H15NO4/c25-22(18-9-5-2-6-10-18)23-20(16-11-13-19(14-12-16)24(26)27)15-21(28-23)17-7-3-1-4-8-17/h1-15H. The Kier molecular flexibility index (Phi) is 4.56. The van der Waals surface area contributed by atoms with E-state index in [2.05, 4.69) is 0 Å². The lowest BCUT2D eigenvalue weighted by molar-refractivity contribution is -0.384.